The summed E-state index contributed by atoms with van der Waals surface area (Å²) in [7, 11) is 0. The SMILES string of the molecule is CCCCCCC(C)NC(=NCCN1CCN(CC)CC1)NCC.I. The molecule has 0 radical (unpaired) electrons. The zero-order chi connectivity index (χ0) is 17.6. The maximum atomic E-state index is 4.77. The highest BCUT2D eigenvalue weighted by Crippen LogP contribution is 2.05. The van der Waals surface area contributed by atoms with Gasteiger partial charge in [0.1, 0.15) is 0 Å². The average molecular weight is 467 g/mol. The van der Waals surface area contributed by atoms with Gasteiger partial charge in [-0.05, 0) is 26.8 Å². The molecule has 0 bridgehead atoms. The molecule has 0 saturated carbocycles. The highest BCUT2D eigenvalue weighted by molar-refractivity contribution is 14.0. The number of aliphatic imine (C=N–C) groups is 1. The van der Waals surface area contributed by atoms with Crippen LogP contribution in [0.2, 0.25) is 0 Å². The van der Waals surface area contributed by atoms with Crippen molar-refractivity contribution in [3.05, 3.63) is 0 Å². The molecular formula is C19H42IN5. The molecule has 6 heteroatoms. The summed E-state index contributed by atoms with van der Waals surface area (Å²) >= 11 is 0. The molecule has 0 aromatic heterocycles. The fourth-order valence-corrected chi connectivity index (χ4v) is 3.14. The van der Waals surface area contributed by atoms with Gasteiger partial charge in [0.25, 0.3) is 0 Å². The number of nitrogens with one attached hydrogen (secondary N) is 2. The molecule has 0 aromatic carbocycles. The van der Waals surface area contributed by atoms with Crippen molar-refractivity contribution in [3.63, 3.8) is 0 Å². The summed E-state index contributed by atoms with van der Waals surface area (Å²) in [4.78, 5) is 9.82. The summed E-state index contributed by atoms with van der Waals surface area (Å²) in [5.74, 6) is 0.979. The molecule has 1 unspecified atom stereocenters. The molecule has 0 aliphatic carbocycles. The van der Waals surface area contributed by atoms with Gasteiger partial charge in [-0.1, -0.05) is 39.5 Å². The van der Waals surface area contributed by atoms with Crippen LogP contribution in [0.15, 0.2) is 4.99 Å². The number of likely N-dealkylation sites (N-methyl/N-ethyl adjacent to an activating group) is 1. The van der Waals surface area contributed by atoms with Crippen LogP contribution < -0.4 is 10.6 Å². The minimum atomic E-state index is 0. The summed E-state index contributed by atoms with van der Waals surface area (Å²) in [5.41, 5.74) is 0. The minimum Gasteiger partial charge on any atom is -0.357 e. The molecule has 150 valence electrons. The summed E-state index contributed by atoms with van der Waals surface area (Å²) < 4.78 is 0. The molecule has 1 heterocycles. The Morgan fingerprint density at radius 1 is 1.00 bits per heavy atom. The van der Waals surface area contributed by atoms with E-state index in [2.05, 4.69) is 48.1 Å². The lowest BCUT2D eigenvalue weighted by Crippen LogP contribution is -2.47. The zero-order valence-corrected chi connectivity index (χ0v) is 19.3. The highest BCUT2D eigenvalue weighted by atomic mass is 127. The molecule has 25 heavy (non-hydrogen) atoms. The van der Waals surface area contributed by atoms with E-state index in [1.54, 1.807) is 0 Å². The van der Waals surface area contributed by atoms with Gasteiger partial charge in [-0.2, -0.15) is 0 Å². The number of hydrogen-bond acceptors (Lipinski definition) is 3. The van der Waals surface area contributed by atoms with Crippen molar-refractivity contribution in [1.82, 2.24) is 20.4 Å². The van der Waals surface area contributed by atoms with Crippen LogP contribution >= 0.6 is 24.0 Å². The number of guanidine groups is 1. The Morgan fingerprint density at radius 2 is 1.68 bits per heavy atom. The van der Waals surface area contributed by atoms with Crippen LogP contribution in [0.25, 0.3) is 0 Å². The fraction of sp³-hybridized carbons (Fsp3) is 0.947. The van der Waals surface area contributed by atoms with Gasteiger partial charge in [0.2, 0.25) is 0 Å². The zero-order valence-electron chi connectivity index (χ0n) is 17.0. The Hall–Kier alpha value is -0.0800. The van der Waals surface area contributed by atoms with E-state index in [0.29, 0.717) is 6.04 Å². The number of piperazine rings is 1. The van der Waals surface area contributed by atoms with Crippen LogP contribution in [-0.2, 0) is 0 Å². The van der Waals surface area contributed by atoms with Crippen molar-refractivity contribution in [2.24, 2.45) is 4.99 Å². The first-order valence-electron chi connectivity index (χ1n) is 10.2. The first-order valence-corrected chi connectivity index (χ1v) is 10.2. The smallest absolute Gasteiger partial charge is 0.191 e. The normalized spacial score (nSPS) is 17.8. The van der Waals surface area contributed by atoms with E-state index < -0.39 is 0 Å². The van der Waals surface area contributed by atoms with Crippen LogP contribution in [0.1, 0.15) is 59.8 Å². The van der Waals surface area contributed by atoms with Crippen molar-refractivity contribution in [2.75, 3.05) is 52.4 Å². The standard InChI is InChI=1S/C19H41N5.HI/c1-5-8-9-10-11-18(4)22-19(20-6-2)21-12-13-24-16-14-23(7-3)15-17-24;/h18H,5-17H2,1-4H3,(H2,20,21,22);1H. The van der Waals surface area contributed by atoms with E-state index in [1.165, 1.54) is 64.8 Å². The summed E-state index contributed by atoms with van der Waals surface area (Å²) in [6, 6.07) is 0.493. The second-order valence-electron chi connectivity index (χ2n) is 6.93. The monoisotopic (exact) mass is 467 g/mol. The molecule has 1 saturated heterocycles. The summed E-state index contributed by atoms with van der Waals surface area (Å²) in [5, 5.41) is 6.94. The van der Waals surface area contributed by atoms with Crippen LogP contribution in [-0.4, -0.2) is 74.2 Å². The van der Waals surface area contributed by atoms with Crippen LogP contribution in [0.4, 0.5) is 0 Å². The molecule has 2 N–H and O–H groups in total. The molecular weight excluding hydrogens is 425 g/mol. The van der Waals surface area contributed by atoms with Crippen molar-refractivity contribution in [3.8, 4) is 0 Å². The van der Waals surface area contributed by atoms with E-state index >= 15 is 0 Å². The molecule has 0 spiro atoms. The van der Waals surface area contributed by atoms with Gasteiger partial charge in [-0.15, -0.1) is 24.0 Å². The van der Waals surface area contributed by atoms with E-state index in [0.717, 1.165) is 25.6 Å². The Kier molecular flexibility index (Phi) is 16.1. The Balaban J connectivity index is 0.00000576. The maximum absolute atomic E-state index is 4.77. The van der Waals surface area contributed by atoms with Crippen LogP contribution in [0.3, 0.4) is 0 Å². The summed E-state index contributed by atoms with van der Waals surface area (Å²) in [6.07, 6.45) is 6.54. The van der Waals surface area contributed by atoms with E-state index in [4.69, 9.17) is 4.99 Å². The van der Waals surface area contributed by atoms with Crippen molar-refractivity contribution < 1.29 is 0 Å². The molecule has 0 amide bonds. The fourth-order valence-electron chi connectivity index (χ4n) is 3.14. The van der Waals surface area contributed by atoms with Gasteiger partial charge in [-0.25, -0.2) is 0 Å². The maximum Gasteiger partial charge on any atom is 0.191 e. The molecule has 5 nitrogen and oxygen atoms in total. The van der Waals surface area contributed by atoms with Gasteiger partial charge in [0, 0.05) is 45.3 Å². The largest absolute Gasteiger partial charge is 0.357 e. The van der Waals surface area contributed by atoms with E-state index in [1.807, 2.05) is 0 Å². The molecule has 1 aliphatic rings. The number of hydrogen-bond donors (Lipinski definition) is 2. The molecule has 1 aliphatic heterocycles. The number of rotatable bonds is 11. The molecule has 1 fully saturated rings. The predicted molar refractivity (Wildman–Crippen MR) is 121 cm³/mol. The van der Waals surface area contributed by atoms with Gasteiger partial charge >= 0.3 is 0 Å². The lowest BCUT2D eigenvalue weighted by molar-refractivity contribution is 0.140. The topological polar surface area (TPSA) is 42.9 Å². The molecule has 1 rings (SSSR count). The van der Waals surface area contributed by atoms with Gasteiger partial charge in [-0.3, -0.25) is 9.89 Å². The van der Waals surface area contributed by atoms with Crippen LogP contribution in [0, 0.1) is 0 Å². The minimum absolute atomic E-state index is 0. The number of unbranched alkanes of at least 4 members (excludes halogenated alkanes) is 3. The first kappa shape index (κ1) is 24.9. The molecule has 1 atom stereocenters. The Morgan fingerprint density at radius 3 is 2.28 bits per heavy atom. The van der Waals surface area contributed by atoms with Crippen molar-refractivity contribution in [2.45, 2.75) is 65.8 Å². The predicted octanol–water partition coefficient (Wildman–Crippen LogP) is 3.16. The highest BCUT2D eigenvalue weighted by Gasteiger charge is 2.14. The quantitative estimate of drug-likeness (QED) is 0.212. The lowest BCUT2D eigenvalue weighted by Gasteiger charge is -2.33. The Labute approximate surface area is 173 Å². The Bertz CT molecular complexity index is 330. The lowest BCUT2D eigenvalue weighted by atomic mass is 10.1. The van der Waals surface area contributed by atoms with E-state index in [9.17, 15) is 0 Å². The second kappa shape index (κ2) is 16.1. The van der Waals surface area contributed by atoms with E-state index in [-0.39, 0.29) is 24.0 Å². The number of halogens is 1. The van der Waals surface area contributed by atoms with Crippen molar-refractivity contribution >= 4 is 29.9 Å². The van der Waals surface area contributed by atoms with Crippen LogP contribution in [0.5, 0.6) is 0 Å². The third-order valence-electron chi connectivity index (χ3n) is 4.82. The van der Waals surface area contributed by atoms with Gasteiger partial charge in [0.15, 0.2) is 5.96 Å². The van der Waals surface area contributed by atoms with Gasteiger partial charge in [0.05, 0.1) is 6.54 Å². The third-order valence-corrected chi connectivity index (χ3v) is 4.82. The summed E-state index contributed by atoms with van der Waals surface area (Å²) in [6.45, 7) is 17.7. The van der Waals surface area contributed by atoms with Crippen molar-refractivity contribution in [1.29, 1.82) is 0 Å². The first-order chi connectivity index (χ1) is 11.7. The third kappa shape index (κ3) is 12.0. The number of nitrogens with zero attached hydrogens (tertiary/aromatic N) is 3. The molecule has 0 aromatic rings. The second-order valence-corrected chi connectivity index (χ2v) is 6.93. The van der Waals surface area contributed by atoms with Gasteiger partial charge < -0.3 is 15.5 Å². The average Bonchev–Trinajstić information content (AvgIpc) is 2.59.